The molecule has 0 spiro atoms. The number of urea groups is 1. The molecule has 1 aliphatic rings. The minimum atomic E-state index is -0.468. The topological polar surface area (TPSA) is 125 Å². The van der Waals surface area contributed by atoms with Crippen molar-refractivity contribution in [1.82, 2.24) is 15.0 Å². The lowest BCUT2D eigenvalue weighted by Gasteiger charge is -2.17. The van der Waals surface area contributed by atoms with E-state index in [1.54, 1.807) is 25.1 Å². The Morgan fingerprint density at radius 3 is 2.76 bits per heavy atom. The Kier molecular flexibility index (Phi) is 6.08. The number of aryl methyl sites for hydroxylation is 2. The summed E-state index contributed by atoms with van der Waals surface area (Å²) in [7, 11) is 0. The third-order valence-corrected chi connectivity index (χ3v) is 4.67. The summed E-state index contributed by atoms with van der Waals surface area (Å²) in [6.45, 7) is 4.01. The number of amides is 3. The Morgan fingerprint density at radius 2 is 2.10 bits per heavy atom. The molecule has 0 radical (unpaired) electrons. The van der Waals surface area contributed by atoms with Crippen LogP contribution < -0.4 is 5.73 Å². The predicted molar refractivity (Wildman–Crippen MR) is 105 cm³/mol. The molecular formula is C20H23N5O4. The highest BCUT2D eigenvalue weighted by molar-refractivity contribution is 6.07. The van der Waals surface area contributed by atoms with E-state index in [4.69, 9.17) is 10.3 Å². The minimum Gasteiger partial charge on any atom is -0.403 e. The van der Waals surface area contributed by atoms with Crippen molar-refractivity contribution < 1.29 is 19.2 Å². The number of nitrogens with two attached hydrogens (primary N) is 1. The van der Waals surface area contributed by atoms with Gasteiger partial charge in [0.15, 0.2) is 0 Å². The molecule has 2 heterocycles. The van der Waals surface area contributed by atoms with Crippen molar-refractivity contribution in [1.29, 1.82) is 0 Å². The van der Waals surface area contributed by atoms with Gasteiger partial charge in [-0.3, -0.25) is 9.79 Å². The maximum atomic E-state index is 12.8. The first-order chi connectivity index (χ1) is 13.9. The summed E-state index contributed by atoms with van der Waals surface area (Å²) in [5, 5.41) is 13.1. The quantitative estimate of drug-likeness (QED) is 0.540. The lowest BCUT2D eigenvalue weighted by molar-refractivity contribution is -0.123. The molecule has 2 aromatic rings. The molecule has 3 amide bonds. The van der Waals surface area contributed by atoms with Crippen LogP contribution >= 0.6 is 0 Å². The van der Waals surface area contributed by atoms with Gasteiger partial charge in [-0.05, 0) is 25.0 Å². The Labute approximate surface area is 168 Å². The van der Waals surface area contributed by atoms with E-state index in [2.05, 4.69) is 10.1 Å². The minimum absolute atomic E-state index is 0.0583. The molecule has 0 bridgehead atoms. The lowest BCUT2D eigenvalue weighted by atomic mass is 10.1. The van der Waals surface area contributed by atoms with Gasteiger partial charge >= 0.3 is 6.03 Å². The second-order valence-corrected chi connectivity index (χ2v) is 6.71. The van der Waals surface area contributed by atoms with E-state index in [9.17, 15) is 14.7 Å². The van der Waals surface area contributed by atoms with Gasteiger partial charge in [-0.1, -0.05) is 29.4 Å². The number of aliphatic hydroxyl groups excluding tert-OH is 1. The van der Waals surface area contributed by atoms with Gasteiger partial charge in [0.25, 0.3) is 5.91 Å². The number of nitrogens with zero attached hydrogens (tertiary/aromatic N) is 4. The molecule has 3 N–H and O–H groups in total. The molecule has 0 atom stereocenters. The Bertz CT molecular complexity index is 960. The van der Waals surface area contributed by atoms with Crippen LogP contribution in [0.25, 0.3) is 0 Å². The van der Waals surface area contributed by atoms with E-state index in [1.165, 1.54) is 17.3 Å². The number of aliphatic imine (C=N–C) groups is 1. The molecule has 0 saturated carbocycles. The van der Waals surface area contributed by atoms with Crippen molar-refractivity contribution in [3.05, 3.63) is 64.3 Å². The molecule has 1 fully saturated rings. The number of aromatic nitrogens is 1. The number of rotatable bonds is 7. The Morgan fingerprint density at radius 1 is 1.34 bits per heavy atom. The van der Waals surface area contributed by atoms with Crippen LogP contribution in [-0.2, 0) is 24.5 Å². The maximum absolute atomic E-state index is 12.8. The average molecular weight is 397 g/mol. The van der Waals surface area contributed by atoms with Gasteiger partial charge in [0.05, 0.1) is 24.5 Å². The number of hydrogen-bond acceptors (Lipinski definition) is 7. The zero-order valence-corrected chi connectivity index (χ0v) is 16.3. The highest BCUT2D eigenvalue weighted by atomic mass is 16.5. The van der Waals surface area contributed by atoms with Crippen LogP contribution in [0.1, 0.15) is 28.1 Å². The van der Waals surface area contributed by atoms with E-state index in [-0.39, 0.29) is 31.3 Å². The summed E-state index contributed by atoms with van der Waals surface area (Å²) >= 11 is 0. The first-order valence-electron chi connectivity index (χ1n) is 9.08. The van der Waals surface area contributed by atoms with Crippen molar-refractivity contribution >= 4 is 18.2 Å². The fourth-order valence-corrected chi connectivity index (χ4v) is 3.11. The zero-order chi connectivity index (χ0) is 21.0. The van der Waals surface area contributed by atoms with Crippen molar-refractivity contribution in [3.63, 3.8) is 0 Å². The normalized spacial score (nSPS) is 15.2. The Balaban J connectivity index is 1.71. The second-order valence-electron chi connectivity index (χ2n) is 6.71. The fraction of sp³-hybridized carbons (Fsp3) is 0.300. The molecule has 152 valence electrons. The van der Waals surface area contributed by atoms with Gasteiger partial charge < -0.3 is 20.3 Å². The van der Waals surface area contributed by atoms with Crippen LogP contribution in [0.3, 0.4) is 0 Å². The molecule has 29 heavy (non-hydrogen) atoms. The fourth-order valence-electron chi connectivity index (χ4n) is 3.11. The van der Waals surface area contributed by atoms with Crippen molar-refractivity contribution in [2.24, 2.45) is 10.7 Å². The van der Waals surface area contributed by atoms with Crippen LogP contribution in [-0.4, -0.2) is 44.8 Å². The van der Waals surface area contributed by atoms with Gasteiger partial charge in [-0.15, -0.1) is 0 Å². The summed E-state index contributed by atoms with van der Waals surface area (Å²) in [5.74, 6) is 0.288. The van der Waals surface area contributed by atoms with Crippen LogP contribution in [0, 0.1) is 13.8 Å². The van der Waals surface area contributed by atoms with Gasteiger partial charge in [0.2, 0.25) is 0 Å². The molecule has 9 heteroatoms. The van der Waals surface area contributed by atoms with E-state index in [1.807, 2.05) is 13.0 Å². The largest absolute Gasteiger partial charge is 0.403 e. The van der Waals surface area contributed by atoms with E-state index >= 15 is 0 Å². The third-order valence-electron chi connectivity index (χ3n) is 4.67. The first kappa shape index (κ1) is 20.3. The third kappa shape index (κ3) is 4.35. The van der Waals surface area contributed by atoms with Gasteiger partial charge in [0, 0.05) is 24.5 Å². The lowest BCUT2D eigenvalue weighted by Crippen LogP contribution is -2.33. The van der Waals surface area contributed by atoms with E-state index < -0.39 is 6.03 Å². The number of aliphatic hydroxyl groups is 1. The number of carbonyl (C=O) groups is 2. The summed E-state index contributed by atoms with van der Waals surface area (Å²) in [6.07, 6.45) is 2.58. The highest BCUT2D eigenvalue weighted by Crippen LogP contribution is 2.19. The van der Waals surface area contributed by atoms with Crippen LogP contribution in [0.2, 0.25) is 0 Å². The summed E-state index contributed by atoms with van der Waals surface area (Å²) in [4.78, 5) is 32.0. The molecule has 9 nitrogen and oxygen atoms in total. The van der Waals surface area contributed by atoms with Crippen LogP contribution in [0.5, 0.6) is 0 Å². The van der Waals surface area contributed by atoms with Crippen molar-refractivity contribution in [2.75, 3.05) is 6.54 Å². The van der Waals surface area contributed by atoms with Crippen LogP contribution in [0.15, 0.2) is 45.7 Å². The number of benzene rings is 1. The molecular weight excluding hydrogens is 374 g/mol. The van der Waals surface area contributed by atoms with Gasteiger partial charge in [-0.25, -0.2) is 9.69 Å². The first-order valence-corrected chi connectivity index (χ1v) is 9.08. The van der Waals surface area contributed by atoms with Crippen molar-refractivity contribution in [3.8, 4) is 0 Å². The van der Waals surface area contributed by atoms with E-state index in [0.29, 0.717) is 12.3 Å². The zero-order valence-electron chi connectivity index (χ0n) is 16.3. The van der Waals surface area contributed by atoms with Gasteiger partial charge in [0.1, 0.15) is 12.3 Å². The van der Waals surface area contributed by atoms with Gasteiger partial charge in [-0.2, -0.15) is 0 Å². The number of carbonyl (C=O) groups excluding carboxylic acids is 2. The summed E-state index contributed by atoms with van der Waals surface area (Å²) in [5.41, 5.74) is 9.02. The molecule has 1 aromatic carbocycles. The number of allylic oxidation sites excluding steroid dienone is 1. The van der Waals surface area contributed by atoms with Crippen LogP contribution in [0.4, 0.5) is 4.79 Å². The number of hydrogen-bond donors (Lipinski definition) is 2. The second kappa shape index (κ2) is 8.70. The smallest absolute Gasteiger partial charge is 0.332 e. The summed E-state index contributed by atoms with van der Waals surface area (Å²) in [6, 6.07) is 6.76. The standard InChI is InChI=1S/C20H23N5O4/c1-13-18(14(2)29-23-13)9-22-8-17(7-21)25-19(27)11-24(20(25)28)10-15-4-3-5-16(6-15)12-26/h3-8,26H,9-12,21H2,1-2H3. The van der Waals surface area contributed by atoms with Crippen molar-refractivity contribution in [2.45, 2.75) is 33.5 Å². The molecule has 1 aliphatic heterocycles. The molecule has 1 saturated heterocycles. The Hall–Kier alpha value is -3.46. The average Bonchev–Trinajstić information content (AvgIpc) is 3.18. The number of imide groups is 1. The maximum Gasteiger partial charge on any atom is 0.332 e. The molecule has 0 unspecified atom stereocenters. The predicted octanol–water partition coefficient (Wildman–Crippen LogP) is 1.62. The highest BCUT2D eigenvalue weighted by Gasteiger charge is 2.37. The molecule has 3 rings (SSSR count). The molecule has 1 aromatic heterocycles. The molecule has 0 aliphatic carbocycles. The SMILES string of the molecule is Cc1noc(C)c1CN=CC(=CN)N1C(=O)CN(Cc2cccc(CO)c2)C1=O. The monoisotopic (exact) mass is 397 g/mol. The summed E-state index contributed by atoms with van der Waals surface area (Å²) < 4.78 is 5.10. The van der Waals surface area contributed by atoms with E-state index in [0.717, 1.165) is 27.3 Å².